The normalized spacial score (nSPS) is 22.7. The van der Waals surface area contributed by atoms with E-state index in [1.54, 1.807) is 0 Å². The molecule has 1 aliphatic carbocycles. The lowest BCUT2D eigenvalue weighted by molar-refractivity contribution is -0.0693. The predicted octanol–water partition coefficient (Wildman–Crippen LogP) is 3.26. The molecule has 2 amide bonds. The van der Waals surface area contributed by atoms with Gasteiger partial charge in [0.2, 0.25) is 0 Å². The average Bonchev–Trinajstić information content (AvgIpc) is 2.56. The third kappa shape index (κ3) is 4.68. The lowest BCUT2D eigenvalue weighted by Crippen LogP contribution is -2.43. The standard InChI is InChI=1S/C16H17F4N3O3/c17-13(18)25-11-2-1-9(7-12(11)26-14(19)20)16(8-21)5-3-10(4-6-16)23-15(22)24/h1-2,7,10,13-14H,3-6H2,(H3,22,23,24)/t10-,16+. The number of rotatable bonds is 6. The zero-order valence-corrected chi connectivity index (χ0v) is 13.6. The maximum atomic E-state index is 12.6. The molecule has 0 bridgehead atoms. The Morgan fingerprint density at radius 1 is 1.19 bits per heavy atom. The molecule has 2 rings (SSSR count). The Labute approximate surface area is 146 Å². The number of nitrogens with two attached hydrogens (primary N) is 1. The van der Waals surface area contributed by atoms with E-state index in [2.05, 4.69) is 20.9 Å². The number of amides is 2. The molecule has 0 atom stereocenters. The summed E-state index contributed by atoms with van der Waals surface area (Å²) >= 11 is 0. The highest BCUT2D eigenvalue weighted by molar-refractivity contribution is 5.72. The van der Waals surface area contributed by atoms with Crippen molar-refractivity contribution in [1.29, 1.82) is 5.26 Å². The second kappa shape index (κ2) is 8.12. The summed E-state index contributed by atoms with van der Waals surface area (Å²) in [5.41, 5.74) is 4.42. The van der Waals surface area contributed by atoms with E-state index in [1.165, 1.54) is 6.07 Å². The highest BCUT2D eigenvalue weighted by Crippen LogP contribution is 2.42. The largest absolute Gasteiger partial charge is 0.431 e. The van der Waals surface area contributed by atoms with Crippen molar-refractivity contribution in [2.75, 3.05) is 0 Å². The van der Waals surface area contributed by atoms with E-state index >= 15 is 0 Å². The van der Waals surface area contributed by atoms with Gasteiger partial charge in [0, 0.05) is 6.04 Å². The fraction of sp³-hybridized carbons (Fsp3) is 0.500. The molecule has 0 unspecified atom stereocenters. The smallest absolute Gasteiger partial charge is 0.387 e. The number of carbonyl (C=O) groups is 1. The van der Waals surface area contributed by atoms with Gasteiger partial charge in [-0.15, -0.1) is 0 Å². The molecule has 1 aliphatic rings. The summed E-state index contributed by atoms with van der Waals surface area (Å²) in [4.78, 5) is 10.9. The molecule has 6 nitrogen and oxygen atoms in total. The fourth-order valence-corrected chi connectivity index (χ4v) is 3.11. The van der Waals surface area contributed by atoms with Crippen LogP contribution in [0.4, 0.5) is 22.4 Å². The Morgan fingerprint density at radius 2 is 1.77 bits per heavy atom. The molecule has 1 saturated carbocycles. The van der Waals surface area contributed by atoms with Gasteiger partial charge in [0.05, 0.1) is 11.5 Å². The van der Waals surface area contributed by atoms with Gasteiger partial charge >= 0.3 is 19.3 Å². The fourth-order valence-electron chi connectivity index (χ4n) is 3.11. The van der Waals surface area contributed by atoms with Crippen LogP contribution in [-0.4, -0.2) is 25.3 Å². The van der Waals surface area contributed by atoms with Crippen molar-refractivity contribution < 1.29 is 31.8 Å². The van der Waals surface area contributed by atoms with E-state index in [0.717, 1.165) is 12.1 Å². The minimum atomic E-state index is -3.24. The van der Waals surface area contributed by atoms with Crippen LogP contribution in [-0.2, 0) is 5.41 Å². The zero-order chi connectivity index (χ0) is 19.3. The molecule has 142 valence electrons. The molecule has 0 saturated heterocycles. The second-order valence-corrected chi connectivity index (χ2v) is 5.90. The summed E-state index contributed by atoms with van der Waals surface area (Å²) in [6, 6.07) is 4.89. The Kier molecular flexibility index (Phi) is 6.13. The summed E-state index contributed by atoms with van der Waals surface area (Å²) in [5.74, 6) is -1.11. The lowest BCUT2D eigenvalue weighted by atomic mass is 9.69. The Bertz CT molecular complexity index is 686. The SMILES string of the molecule is N#C[C@]1(c2ccc(OC(F)F)c(OC(F)F)c2)CC[C@@H](NC(N)=O)CC1. The second-order valence-electron chi connectivity index (χ2n) is 5.90. The van der Waals surface area contributed by atoms with Crippen LogP contribution < -0.4 is 20.5 Å². The van der Waals surface area contributed by atoms with Gasteiger partial charge in [-0.25, -0.2) is 4.79 Å². The number of ether oxygens (including phenoxy) is 2. The van der Waals surface area contributed by atoms with Crippen molar-refractivity contribution in [1.82, 2.24) is 5.32 Å². The van der Waals surface area contributed by atoms with Crippen molar-refractivity contribution in [3.8, 4) is 17.6 Å². The number of benzene rings is 1. The third-order valence-electron chi connectivity index (χ3n) is 4.33. The summed E-state index contributed by atoms with van der Waals surface area (Å²) in [7, 11) is 0. The van der Waals surface area contributed by atoms with Crippen LogP contribution in [0.2, 0.25) is 0 Å². The molecule has 1 aromatic rings. The van der Waals surface area contributed by atoms with Crippen molar-refractivity contribution in [3.63, 3.8) is 0 Å². The highest BCUT2D eigenvalue weighted by Gasteiger charge is 2.38. The molecule has 1 fully saturated rings. The van der Waals surface area contributed by atoms with E-state index in [-0.39, 0.29) is 6.04 Å². The first-order valence-corrected chi connectivity index (χ1v) is 7.77. The molecule has 0 aromatic heterocycles. The van der Waals surface area contributed by atoms with Crippen LogP contribution in [0.3, 0.4) is 0 Å². The molecular formula is C16H17F4N3O3. The van der Waals surface area contributed by atoms with Gasteiger partial charge < -0.3 is 20.5 Å². The van der Waals surface area contributed by atoms with Gasteiger partial charge in [0.25, 0.3) is 0 Å². The Hall–Kier alpha value is -2.70. The maximum absolute atomic E-state index is 12.6. The molecule has 26 heavy (non-hydrogen) atoms. The summed E-state index contributed by atoms with van der Waals surface area (Å²) < 4.78 is 58.4. The van der Waals surface area contributed by atoms with Gasteiger partial charge in [-0.1, -0.05) is 6.07 Å². The average molecular weight is 375 g/mol. The molecule has 3 N–H and O–H groups in total. The number of nitriles is 1. The summed E-state index contributed by atoms with van der Waals surface area (Å²) in [5, 5.41) is 12.2. The van der Waals surface area contributed by atoms with Gasteiger partial charge in [0.1, 0.15) is 0 Å². The Balaban J connectivity index is 2.28. The first kappa shape index (κ1) is 19.6. The quantitative estimate of drug-likeness (QED) is 0.746. The third-order valence-corrected chi connectivity index (χ3v) is 4.33. The maximum Gasteiger partial charge on any atom is 0.387 e. The molecule has 0 aliphatic heterocycles. The lowest BCUT2D eigenvalue weighted by Gasteiger charge is -2.35. The monoisotopic (exact) mass is 375 g/mol. The predicted molar refractivity (Wildman–Crippen MR) is 82.0 cm³/mol. The van der Waals surface area contributed by atoms with Gasteiger partial charge in [-0.2, -0.15) is 22.8 Å². The number of nitrogens with one attached hydrogen (secondary N) is 1. The first-order valence-electron chi connectivity index (χ1n) is 7.77. The van der Waals surface area contributed by atoms with Crippen LogP contribution >= 0.6 is 0 Å². The van der Waals surface area contributed by atoms with Gasteiger partial charge in [-0.05, 0) is 43.4 Å². The van der Waals surface area contributed by atoms with Crippen LogP contribution in [0.5, 0.6) is 11.5 Å². The molecule has 0 radical (unpaired) electrons. The first-order chi connectivity index (χ1) is 12.3. The molecular weight excluding hydrogens is 358 g/mol. The molecule has 0 spiro atoms. The summed E-state index contributed by atoms with van der Waals surface area (Å²) in [6.07, 6.45) is 1.57. The van der Waals surface area contributed by atoms with Crippen molar-refractivity contribution in [2.45, 2.75) is 50.4 Å². The molecule has 1 aromatic carbocycles. The molecule has 0 heterocycles. The van der Waals surface area contributed by atoms with Crippen molar-refractivity contribution in [2.24, 2.45) is 5.73 Å². The highest BCUT2D eigenvalue weighted by atomic mass is 19.3. The minimum absolute atomic E-state index is 0.188. The van der Waals surface area contributed by atoms with Gasteiger partial charge in [0.15, 0.2) is 11.5 Å². The number of alkyl halides is 4. The van der Waals surface area contributed by atoms with E-state index in [1.807, 2.05) is 0 Å². The number of nitrogens with zero attached hydrogens (tertiary/aromatic N) is 1. The topological polar surface area (TPSA) is 97.4 Å². The summed E-state index contributed by atoms with van der Waals surface area (Å²) in [6.45, 7) is -6.44. The van der Waals surface area contributed by atoms with Crippen LogP contribution in [0, 0.1) is 11.3 Å². The van der Waals surface area contributed by atoms with Crippen LogP contribution in [0.25, 0.3) is 0 Å². The van der Waals surface area contributed by atoms with Crippen molar-refractivity contribution >= 4 is 6.03 Å². The van der Waals surface area contributed by atoms with E-state index in [0.29, 0.717) is 31.2 Å². The number of hydrogen-bond donors (Lipinski definition) is 2. The van der Waals surface area contributed by atoms with Crippen LogP contribution in [0.15, 0.2) is 18.2 Å². The van der Waals surface area contributed by atoms with Gasteiger partial charge in [-0.3, -0.25) is 0 Å². The van der Waals surface area contributed by atoms with E-state index in [4.69, 9.17) is 5.73 Å². The van der Waals surface area contributed by atoms with Crippen LogP contribution in [0.1, 0.15) is 31.2 Å². The Morgan fingerprint density at radius 3 is 2.27 bits per heavy atom. The number of primary amides is 1. The number of carbonyl (C=O) groups excluding carboxylic acids is 1. The van der Waals surface area contributed by atoms with Crippen molar-refractivity contribution in [3.05, 3.63) is 23.8 Å². The molecule has 10 heteroatoms. The minimum Gasteiger partial charge on any atom is -0.431 e. The number of halogens is 4. The number of hydrogen-bond acceptors (Lipinski definition) is 4. The van der Waals surface area contributed by atoms with E-state index in [9.17, 15) is 27.6 Å². The van der Waals surface area contributed by atoms with E-state index < -0.39 is 36.2 Å². The zero-order valence-electron chi connectivity index (χ0n) is 13.6. The number of urea groups is 1.